The number of aromatic nitrogens is 4. The van der Waals surface area contributed by atoms with E-state index < -0.39 is 11.0 Å². The first kappa shape index (κ1) is 20.2. The van der Waals surface area contributed by atoms with Crippen LogP contribution in [0.2, 0.25) is 0 Å². The second kappa shape index (κ2) is 8.34. The summed E-state index contributed by atoms with van der Waals surface area (Å²) in [5, 5.41) is 20.8. The van der Waals surface area contributed by atoms with Crippen LogP contribution < -0.4 is 16.2 Å². The fourth-order valence-electron chi connectivity index (χ4n) is 3.46. The first-order valence-electron chi connectivity index (χ1n) is 9.64. The van der Waals surface area contributed by atoms with Gasteiger partial charge in [0.2, 0.25) is 11.8 Å². The maximum Gasteiger partial charge on any atom is 0.269 e. The van der Waals surface area contributed by atoms with Crippen LogP contribution in [0.25, 0.3) is 11.0 Å². The van der Waals surface area contributed by atoms with E-state index in [4.69, 9.17) is 0 Å². The molecule has 1 aromatic carbocycles. The van der Waals surface area contributed by atoms with Crippen molar-refractivity contribution in [3.05, 3.63) is 62.8 Å². The molecule has 4 rings (SSSR count). The Balaban J connectivity index is 1.44. The number of nitro benzene ring substituents is 1. The maximum absolute atomic E-state index is 12.8. The summed E-state index contributed by atoms with van der Waals surface area (Å²) >= 11 is 0. The van der Waals surface area contributed by atoms with Crippen molar-refractivity contribution in [3.63, 3.8) is 0 Å². The van der Waals surface area contributed by atoms with Gasteiger partial charge in [-0.3, -0.25) is 29.1 Å². The molecule has 0 saturated carbocycles. The second-order valence-electron chi connectivity index (χ2n) is 7.16. The van der Waals surface area contributed by atoms with Crippen LogP contribution in [0.15, 0.2) is 41.6 Å². The lowest BCUT2D eigenvalue weighted by Crippen LogP contribution is -2.42. The third-order valence-electron chi connectivity index (χ3n) is 5.03. The molecule has 1 fully saturated rings. The van der Waals surface area contributed by atoms with Gasteiger partial charge in [0.25, 0.3) is 11.2 Å². The van der Waals surface area contributed by atoms with E-state index in [1.807, 2.05) is 0 Å². The molecule has 1 saturated heterocycles. The number of hydrogen-bond acceptors (Lipinski definition) is 7. The van der Waals surface area contributed by atoms with Gasteiger partial charge in [-0.2, -0.15) is 5.10 Å². The molecule has 0 spiro atoms. The summed E-state index contributed by atoms with van der Waals surface area (Å²) in [4.78, 5) is 50.8. The van der Waals surface area contributed by atoms with E-state index in [2.05, 4.69) is 20.7 Å². The number of nitro groups is 1. The van der Waals surface area contributed by atoms with Crippen LogP contribution >= 0.6 is 0 Å². The molecule has 1 aliphatic heterocycles. The Kier molecular flexibility index (Phi) is 5.43. The molecule has 12 nitrogen and oxygen atoms in total. The van der Waals surface area contributed by atoms with Crippen LogP contribution in [0.4, 0.5) is 5.69 Å². The summed E-state index contributed by atoms with van der Waals surface area (Å²) in [6, 6.07) is 5.55. The van der Waals surface area contributed by atoms with E-state index in [-0.39, 0.29) is 36.2 Å². The smallest absolute Gasteiger partial charge is 0.269 e. The second-order valence-corrected chi connectivity index (χ2v) is 7.16. The zero-order chi connectivity index (χ0) is 22.0. The topological polar surface area (TPSA) is 154 Å². The number of benzene rings is 1. The van der Waals surface area contributed by atoms with Crippen LogP contribution in [0, 0.1) is 10.1 Å². The minimum Gasteiger partial charge on any atom is -0.352 e. The number of fused-ring (bicyclic) bond motifs is 1. The molecule has 160 valence electrons. The van der Waals surface area contributed by atoms with Crippen molar-refractivity contribution >= 4 is 28.5 Å². The Morgan fingerprint density at radius 1 is 1.35 bits per heavy atom. The predicted molar refractivity (Wildman–Crippen MR) is 108 cm³/mol. The summed E-state index contributed by atoms with van der Waals surface area (Å²) < 4.78 is 2.87. The summed E-state index contributed by atoms with van der Waals surface area (Å²) in [7, 11) is 0. The Labute approximate surface area is 175 Å². The molecular weight excluding hydrogens is 406 g/mol. The van der Waals surface area contributed by atoms with Crippen LogP contribution in [-0.2, 0) is 22.7 Å². The fourth-order valence-corrected chi connectivity index (χ4v) is 3.46. The number of carbonyl (C=O) groups excluding carboxylic acids is 2. The van der Waals surface area contributed by atoms with Gasteiger partial charge in [-0.25, -0.2) is 9.67 Å². The Morgan fingerprint density at radius 3 is 2.94 bits per heavy atom. The summed E-state index contributed by atoms with van der Waals surface area (Å²) in [5.74, 6) is -0.390. The third-order valence-corrected chi connectivity index (χ3v) is 5.03. The molecule has 2 amide bonds. The van der Waals surface area contributed by atoms with E-state index in [0.717, 1.165) is 0 Å². The Bertz CT molecular complexity index is 1230. The zero-order valence-corrected chi connectivity index (χ0v) is 16.4. The molecular formula is C19H19N7O5. The molecule has 0 aliphatic carbocycles. The van der Waals surface area contributed by atoms with Gasteiger partial charge in [0.05, 0.1) is 24.2 Å². The van der Waals surface area contributed by atoms with Gasteiger partial charge < -0.3 is 10.6 Å². The van der Waals surface area contributed by atoms with E-state index in [0.29, 0.717) is 36.0 Å². The highest BCUT2D eigenvalue weighted by Crippen LogP contribution is 2.14. The first-order valence-corrected chi connectivity index (χ1v) is 9.64. The van der Waals surface area contributed by atoms with Crippen LogP contribution in [0.1, 0.15) is 18.4 Å². The zero-order valence-electron chi connectivity index (χ0n) is 16.4. The van der Waals surface area contributed by atoms with E-state index in [9.17, 15) is 24.5 Å². The van der Waals surface area contributed by atoms with Gasteiger partial charge >= 0.3 is 0 Å². The highest BCUT2D eigenvalue weighted by molar-refractivity contribution is 5.90. The average Bonchev–Trinajstić information content (AvgIpc) is 3.37. The summed E-state index contributed by atoms with van der Waals surface area (Å²) in [6.45, 7) is 0.704. The predicted octanol–water partition coefficient (Wildman–Crippen LogP) is -0.0557. The number of carbonyl (C=O) groups is 2. The van der Waals surface area contributed by atoms with Crippen molar-refractivity contribution in [1.29, 1.82) is 0 Å². The van der Waals surface area contributed by atoms with Gasteiger partial charge in [-0.1, -0.05) is 12.1 Å². The van der Waals surface area contributed by atoms with Crippen molar-refractivity contribution < 1.29 is 14.5 Å². The molecule has 3 aromatic rings. The minimum atomic E-state index is -0.513. The average molecular weight is 425 g/mol. The lowest BCUT2D eigenvalue weighted by atomic mass is 10.2. The van der Waals surface area contributed by atoms with Gasteiger partial charge in [-0.15, -0.1) is 0 Å². The maximum atomic E-state index is 12.8. The molecule has 3 heterocycles. The lowest BCUT2D eigenvalue weighted by molar-refractivity contribution is -0.384. The quantitative estimate of drug-likeness (QED) is 0.397. The number of nitrogens with one attached hydrogen (secondary N) is 2. The molecule has 1 unspecified atom stereocenters. The van der Waals surface area contributed by atoms with Crippen molar-refractivity contribution in [2.24, 2.45) is 0 Å². The monoisotopic (exact) mass is 425 g/mol. The molecule has 0 bridgehead atoms. The van der Waals surface area contributed by atoms with Gasteiger partial charge in [0, 0.05) is 25.1 Å². The highest BCUT2D eigenvalue weighted by Gasteiger charge is 2.26. The van der Waals surface area contributed by atoms with E-state index >= 15 is 0 Å². The van der Waals surface area contributed by atoms with Crippen molar-refractivity contribution in [1.82, 2.24) is 30.0 Å². The molecule has 31 heavy (non-hydrogen) atoms. The van der Waals surface area contributed by atoms with Crippen molar-refractivity contribution in [2.45, 2.75) is 32.0 Å². The fraction of sp³-hybridized carbons (Fsp3) is 0.316. The minimum absolute atomic E-state index is 0.0494. The van der Waals surface area contributed by atoms with Crippen LogP contribution in [0.5, 0.6) is 0 Å². The van der Waals surface area contributed by atoms with Crippen molar-refractivity contribution in [3.8, 4) is 0 Å². The number of hydrogen-bond donors (Lipinski definition) is 2. The number of non-ortho nitro benzene ring substituents is 1. The summed E-state index contributed by atoms with van der Waals surface area (Å²) in [6.07, 6.45) is 3.59. The van der Waals surface area contributed by atoms with E-state index in [1.165, 1.54) is 33.9 Å². The molecule has 1 aliphatic rings. The van der Waals surface area contributed by atoms with Crippen LogP contribution in [-0.4, -0.2) is 48.7 Å². The number of nitrogens with zero attached hydrogens (tertiary/aromatic N) is 5. The number of rotatable bonds is 7. The molecule has 0 radical (unpaired) electrons. The largest absolute Gasteiger partial charge is 0.352 e. The van der Waals surface area contributed by atoms with Gasteiger partial charge in [0.15, 0.2) is 5.65 Å². The number of amides is 2. The van der Waals surface area contributed by atoms with Crippen molar-refractivity contribution in [2.75, 3.05) is 6.54 Å². The standard InChI is InChI=1S/C19H19N7O5/c27-16-5-4-15(23-16)18(28)20-6-7-25-17-14(9-22-25)19(29)24(11-21-17)10-12-2-1-3-13(8-12)26(30)31/h1-3,8-9,11,15H,4-7,10H2,(H,20,28)(H,23,27). The Morgan fingerprint density at radius 2 is 2.19 bits per heavy atom. The van der Waals surface area contributed by atoms with Gasteiger partial charge in [0.1, 0.15) is 17.8 Å². The SMILES string of the molecule is O=C1CCC(C(=O)NCCn2ncc3c(=O)n(Cc4cccc([N+](=O)[O-])c4)cnc32)N1. The molecule has 2 N–H and O–H groups in total. The lowest BCUT2D eigenvalue weighted by Gasteiger charge is -2.11. The summed E-state index contributed by atoms with van der Waals surface area (Å²) in [5.41, 5.74) is 0.613. The Hall–Kier alpha value is -4.09. The normalized spacial score (nSPS) is 15.7. The highest BCUT2D eigenvalue weighted by atomic mass is 16.6. The third kappa shape index (κ3) is 4.27. The molecule has 12 heteroatoms. The van der Waals surface area contributed by atoms with Gasteiger partial charge in [-0.05, 0) is 12.0 Å². The first-order chi connectivity index (χ1) is 14.9. The van der Waals surface area contributed by atoms with E-state index in [1.54, 1.807) is 12.1 Å². The molecule has 2 aromatic heterocycles. The van der Waals surface area contributed by atoms with Crippen LogP contribution in [0.3, 0.4) is 0 Å². The molecule has 1 atom stereocenters.